The molecule has 0 fully saturated rings. The molecule has 0 bridgehead atoms. The molecule has 0 spiro atoms. The number of hydrogen-bond donors (Lipinski definition) is 1. The predicted octanol–water partition coefficient (Wildman–Crippen LogP) is 7.63. The van der Waals surface area contributed by atoms with Gasteiger partial charge >= 0.3 is 0 Å². The first-order valence-electron chi connectivity index (χ1n) is 16.0. The van der Waals surface area contributed by atoms with E-state index < -0.39 is 28.5 Å². The second kappa shape index (κ2) is 16.2. The summed E-state index contributed by atoms with van der Waals surface area (Å²) >= 11 is 3.47. The van der Waals surface area contributed by atoms with Crippen LogP contribution in [0.2, 0.25) is 0 Å². The molecule has 0 aromatic heterocycles. The molecule has 2 atom stereocenters. The van der Waals surface area contributed by atoms with Crippen molar-refractivity contribution in [1.29, 1.82) is 0 Å². The average molecular weight is 719 g/mol. The van der Waals surface area contributed by atoms with Gasteiger partial charge in [-0.05, 0) is 79.3 Å². The first-order valence-corrected chi connectivity index (χ1v) is 18.2. The van der Waals surface area contributed by atoms with Crippen molar-refractivity contribution in [3.8, 4) is 0 Å². The van der Waals surface area contributed by atoms with Crippen LogP contribution in [0, 0.1) is 6.92 Å². The Kier molecular flexibility index (Phi) is 12.4. The Bertz CT molecular complexity index is 1730. The Hall–Kier alpha value is -3.95. The highest BCUT2D eigenvalue weighted by molar-refractivity contribution is 9.10. The lowest BCUT2D eigenvalue weighted by molar-refractivity contribution is -0.140. The molecule has 0 aliphatic rings. The molecule has 4 rings (SSSR count). The number of hydrogen-bond acceptors (Lipinski definition) is 4. The molecule has 0 heterocycles. The van der Waals surface area contributed by atoms with Crippen molar-refractivity contribution < 1.29 is 18.0 Å². The molecule has 0 saturated heterocycles. The Morgan fingerprint density at radius 3 is 2.00 bits per heavy atom. The zero-order valence-electron chi connectivity index (χ0n) is 27.7. The fourth-order valence-corrected chi connectivity index (χ4v) is 6.85. The molecule has 4 aromatic rings. The summed E-state index contributed by atoms with van der Waals surface area (Å²) in [6.07, 6.45) is 0.985. The van der Waals surface area contributed by atoms with Gasteiger partial charge in [-0.3, -0.25) is 13.9 Å². The number of amides is 2. The van der Waals surface area contributed by atoms with Crippen molar-refractivity contribution in [3.05, 3.63) is 130 Å². The highest BCUT2D eigenvalue weighted by Crippen LogP contribution is 2.27. The van der Waals surface area contributed by atoms with Gasteiger partial charge in [0, 0.05) is 23.5 Å². The van der Waals surface area contributed by atoms with Crippen molar-refractivity contribution >= 4 is 43.5 Å². The number of carbonyl (C=O) groups is 2. The van der Waals surface area contributed by atoms with Crippen LogP contribution in [0.15, 0.2) is 112 Å². The van der Waals surface area contributed by atoms with Crippen molar-refractivity contribution in [2.24, 2.45) is 0 Å². The van der Waals surface area contributed by atoms with Gasteiger partial charge < -0.3 is 10.2 Å². The van der Waals surface area contributed by atoms with Crippen LogP contribution in [0.5, 0.6) is 0 Å². The Morgan fingerprint density at radius 2 is 1.43 bits per heavy atom. The molecular formula is C38H44BrN3O4S. The molecule has 47 heavy (non-hydrogen) atoms. The van der Waals surface area contributed by atoms with Crippen LogP contribution in [-0.2, 0) is 32.6 Å². The summed E-state index contributed by atoms with van der Waals surface area (Å²) in [6.45, 7) is 9.56. The number of nitrogens with one attached hydrogen (secondary N) is 1. The van der Waals surface area contributed by atoms with Gasteiger partial charge in [0.05, 0.1) is 10.6 Å². The topological polar surface area (TPSA) is 86.8 Å². The number of aryl methyl sites for hydroxylation is 1. The molecule has 7 nitrogen and oxygen atoms in total. The highest BCUT2D eigenvalue weighted by Gasteiger charge is 2.35. The van der Waals surface area contributed by atoms with E-state index in [4.69, 9.17) is 0 Å². The number of benzene rings is 4. The van der Waals surface area contributed by atoms with Gasteiger partial charge in [-0.1, -0.05) is 109 Å². The lowest BCUT2D eigenvalue weighted by atomic mass is 10.0. The van der Waals surface area contributed by atoms with Crippen LogP contribution in [0.3, 0.4) is 0 Å². The molecule has 0 radical (unpaired) electrons. The molecule has 1 N–H and O–H groups in total. The number of halogens is 1. The van der Waals surface area contributed by atoms with Crippen molar-refractivity contribution in [1.82, 2.24) is 10.2 Å². The maximum atomic E-state index is 14.6. The van der Waals surface area contributed by atoms with Crippen LogP contribution < -0.4 is 9.62 Å². The van der Waals surface area contributed by atoms with Gasteiger partial charge in [-0.2, -0.15) is 0 Å². The fourth-order valence-electron chi connectivity index (χ4n) is 5.17. The maximum Gasteiger partial charge on any atom is 0.264 e. The Labute approximate surface area is 288 Å². The molecule has 0 aliphatic heterocycles. The van der Waals surface area contributed by atoms with E-state index in [-0.39, 0.29) is 35.7 Å². The van der Waals surface area contributed by atoms with Crippen LogP contribution >= 0.6 is 15.9 Å². The van der Waals surface area contributed by atoms with Crippen molar-refractivity contribution in [3.63, 3.8) is 0 Å². The molecule has 9 heteroatoms. The third-order valence-electron chi connectivity index (χ3n) is 8.27. The normalized spacial score (nSPS) is 12.7. The van der Waals surface area contributed by atoms with E-state index in [9.17, 15) is 18.0 Å². The van der Waals surface area contributed by atoms with Crippen LogP contribution in [-0.4, -0.2) is 43.8 Å². The predicted molar refractivity (Wildman–Crippen MR) is 193 cm³/mol. The zero-order chi connectivity index (χ0) is 34.1. The molecule has 0 saturated carbocycles. The summed E-state index contributed by atoms with van der Waals surface area (Å²) in [5.74, 6) is -0.531. The summed E-state index contributed by atoms with van der Waals surface area (Å²) in [5, 5.41) is 3.07. The van der Waals surface area contributed by atoms with Crippen molar-refractivity contribution in [2.45, 2.75) is 76.9 Å². The number of sulfonamides is 1. The van der Waals surface area contributed by atoms with Crippen LogP contribution in [0.4, 0.5) is 5.69 Å². The third-order valence-corrected chi connectivity index (χ3v) is 10.6. The van der Waals surface area contributed by atoms with E-state index in [1.54, 1.807) is 36.4 Å². The minimum atomic E-state index is -4.16. The maximum absolute atomic E-state index is 14.6. The Balaban J connectivity index is 1.81. The molecule has 2 amide bonds. The standard InChI is InChI=1S/C38H44BrN3O4S/c1-6-29(5)40-38(44)36(24-30-10-8-7-9-11-30)41(25-31-14-18-33(39)19-15-31)37(43)26-42(34-20-16-32(17-21-34)27(2)3)47(45,46)35-22-12-28(4)13-23-35/h7-23,27,29,36H,6,24-26H2,1-5H3,(H,40,44)/t29-,36+/m1/s1. The van der Waals surface area contributed by atoms with Crippen molar-refractivity contribution in [2.75, 3.05) is 10.8 Å². The van der Waals surface area contributed by atoms with Gasteiger partial charge in [-0.15, -0.1) is 0 Å². The molecule has 0 aliphatic carbocycles. The monoisotopic (exact) mass is 717 g/mol. The molecule has 4 aromatic carbocycles. The Morgan fingerprint density at radius 1 is 0.809 bits per heavy atom. The first kappa shape index (κ1) is 35.9. The fraction of sp³-hybridized carbons (Fsp3) is 0.316. The largest absolute Gasteiger partial charge is 0.352 e. The van der Waals surface area contributed by atoms with Crippen LogP contribution in [0.1, 0.15) is 62.3 Å². The first-order chi connectivity index (χ1) is 22.4. The highest BCUT2D eigenvalue weighted by atomic mass is 79.9. The van der Waals surface area contributed by atoms with Gasteiger partial charge in [0.2, 0.25) is 11.8 Å². The minimum Gasteiger partial charge on any atom is -0.352 e. The SMILES string of the molecule is CC[C@@H](C)NC(=O)[C@H](Cc1ccccc1)N(Cc1ccc(Br)cc1)C(=O)CN(c1ccc(C(C)C)cc1)S(=O)(=O)c1ccc(C)cc1. The summed E-state index contributed by atoms with van der Waals surface area (Å²) in [7, 11) is -4.16. The second-order valence-corrected chi connectivity index (χ2v) is 15.0. The summed E-state index contributed by atoms with van der Waals surface area (Å²) in [5.41, 5.74) is 4.04. The van der Waals surface area contributed by atoms with E-state index in [1.807, 2.05) is 87.5 Å². The number of nitrogens with zero attached hydrogens (tertiary/aromatic N) is 2. The van der Waals surface area contributed by atoms with E-state index in [2.05, 4.69) is 35.1 Å². The quantitative estimate of drug-likeness (QED) is 0.145. The minimum absolute atomic E-state index is 0.0821. The lowest BCUT2D eigenvalue weighted by Crippen LogP contribution is -2.54. The molecular weight excluding hydrogens is 674 g/mol. The van der Waals surface area contributed by atoms with E-state index in [0.717, 1.165) is 37.5 Å². The van der Waals surface area contributed by atoms with Gasteiger partial charge in [-0.25, -0.2) is 8.42 Å². The van der Waals surface area contributed by atoms with Crippen LogP contribution in [0.25, 0.3) is 0 Å². The average Bonchev–Trinajstić information content (AvgIpc) is 3.06. The lowest BCUT2D eigenvalue weighted by Gasteiger charge is -2.34. The van der Waals surface area contributed by atoms with Gasteiger partial charge in [0.25, 0.3) is 10.0 Å². The van der Waals surface area contributed by atoms with E-state index in [1.165, 1.54) is 4.90 Å². The number of anilines is 1. The molecule has 0 unspecified atom stereocenters. The van der Waals surface area contributed by atoms with Gasteiger partial charge in [0.1, 0.15) is 12.6 Å². The second-order valence-electron chi connectivity index (χ2n) is 12.2. The van der Waals surface area contributed by atoms with Gasteiger partial charge in [0.15, 0.2) is 0 Å². The van der Waals surface area contributed by atoms with E-state index >= 15 is 0 Å². The summed E-state index contributed by atoms with van der Waals surface area (Å²) in [6, 6.07) is 30.0. The third kappa shape index (κ3) is 9.55. The zero-order valence-corrected chi connectivity index (χ0v) is 30.1. The smallest absolute Gasteiger partial charge is 0.264 e. The molecule has 248 valence electrons. The number of rotatable bonds is 14. The number of carbonyl (C=O) groups excluding carboxylic acids is 2. The van der Waals surface area contributed by atoms with E-state index in [0.29, 0.717) is 5.69 Å². The summed E-state index contributed by atoms with van der Waals surface area (Å²) in [4.78, 5) is 30.2. The summed E-state index contributed by atoms with van der Waals surface area (Å²) < 4.78 is 30.6.